The van der Waals surface area contributed by atoms with E-state index in [0.29, 0.717) is 0 Å². The molecule has 19 heavy (non-hydrogen) atoms. The summed E-state index contributed by atoms with van der Waals surface area (Å²) in [4.78, 5) is 4.08. The summed E-state index contributed by atoms with van der Waals surface area (Å²) in [6.07, 6.45) is 1.71. The first-order valence-electron chi connectivity index (χ1n) is 6.07. The van der Waals surface area contributed by atoms with Gasteiger partial charge in [-0.2, -0.15) is 0 Å². The normalized spacial score (nSPS) is 11.6. The van der Waals surface area contributed by atoms with E-state index in [1.165, 1.54) is 5.56 Å². The first-order valence-corrected chi connectivity index (χ1v) is 6.07. The van der Waals surface area contributed by atoms with Gasteiger partial charge < -0.3 is 9.84 Å². The van der Waals surface area contributed by atoms with Crippen LogP contribution >= 0.6 is 0 Å². The zero-order chi connectivity index (χ0) is 13.1. The minimum atomic E-state index is 0.260. The molecule has 1 aromatic heterocycles. The summed E-state index contributed by atoms with van der Waals surface area (Å²) in [6.45, 7) is 0.802. The van der Waals surface area contributed by atoms with Crippen LogP contribution in [0.1, 0.15) is 5.56 Å². The Hall–Kier alpha value is -2.55. The Balaban J connectivity index is 0.000000122. The van der Waals surface area contributed by atoms with Gasteiger partial charge in [0.05, 0.1) is 5.52 Å². The van der Waals surface area contributed by atoms with Crippen molar-refractivity contribution >= 4 is 10.9 Å². The number of rotatable bonds is 0. The topological polar surface area (TPSA) is 42.4 Å². The van der Waals surface area contributed by atoms with Crippen molar-refractivity contribution in [3.63, 3.8) is 0 Å². The number of phenols is 1. The predicted octanol–water partition coefficient (Wildman–Crippen LogP) is 3.52. The van der Waals surface area contributed by atoms with E-state index in [9.17, 15) is 0 Å². The highest BCUT2D eigenvalue weighted by Gasteiger charge is 2.10. The van der Waals surface area contributed by atoms with E-state index in [2.05, 4.69) is 11.1 Å². The third kappa shape index (κ3) is 2.50. The van der Waals surface area contributed by atoms with Crippen LogP contribution in [-0.2, 0) is 6.61 Å². The van der Waals surface area contributed by atoms with E-state index < -0.39 is 0 Å². The molecule has 0 fully saturated rings. The standard InChI is InChI=1S/C9H7NO.C7H6O/c11-8-4-3-7-2-1-5-10-9(7)6-8;1-2-4-7-6(3-1)5-8-7/h1-6,11H;1-4H,5H2. The van der Waals surface area contributed by atoms with Crippen molar-refractivity contribution in [2.45, 2.75) is 6.61 Å². The Kier molecular flexibility index (Phi) is 3.02. The summed E-state index contributed by atoms with van der Waals surface area (Å²) in [5.74, 6) is 1.31. The SMILES string of the molecule is Oc1ccc2cccnc2c1.c1ccc2c(c1)CO2. The minimum Gasteiger partial charge on any atom is -0.508 e. The van der Waals surface area contributed by atoms with Gasteiger partial charge in [-0.3, -0.25) is 4.98 Å². The van der Waals surface area contributed by atoms with Crippen LogP contribution < -0.4 is 4.74 Å². The van der Waals surface area contributed by atoms with Crippen molar-refractivity contribution in [1.29, 1.82) is 0 Å². The lowest BCUT2D eigenvalue weighted by atomic mass is 10.1. The molecule has 0 atom stereocenters. The monoisotopic (exact) mass is 251 g/mol. The number of hydrogen-bond acceptors (Lipinski definition) is 3. The van der Waals surface area contributed by atoms with Crippen molar-refractivity contribution in [3.05, 3.63) is 66.4 Å². The van der Waals surface area contributed by atoms with Crippen LogP contribution in [0.5, 0.6) is 11.5 Å². The van der Waals surface area contributed by atoms with Crippen LogP contribution in [0.4, 0.5) is 0 Å². The number of fused-ring (bicyclic) bond motifs is 2. The Morgan fingerprint density at radius 1 is 1.00 bits per heavy atom. The molecule has 4 rings (SSSR count). The summed E-state index contributed by atoms with van der Waals surface area (Å²) in [6, 6.07) is 17.1. The van der Waals surface area contributed by atoms with E-state index >= 15 is 0 Å². The highest BCUT2D eigenvalue weighted by atomic mass is 16.5. The van der Waals surface area contributed by atoms with E-state index in [1.807, 2.05) is 36.4 Å². The van der Waals surface area contributed by atoms with Crippen molar-refractivity contribution in [3.8, 4) is 11.5 Å². The number of nitrogens with zero attached hydrogens (tertiary/aromatic N) is 1. The van der Waals surface area contributed by atoms with Crippen LogP contribution in [0.2, 0.25) is 0 Å². The lowest BCUT2D eigenvalue weighted by Crippen LogP contribution is -2.07. The van der Waals surface area contributed by atoms with Crippen LogP contribution in [-0.4, -0.2) is 10.1 Å². The molecule has 0 unspecified atom stereocenters. The van der Waals surface area contributed by atoms with E-state index in [4.69, 9.17) is 9.84 Å². The molecule has 0 bridgehead atoms. The minimum absolute atomic E-state index is 0.260. The Morgan fingerprint density at radius 3 is 2.58 bits per heavy atom. The van der Waals surface area contributed by atoms with Gasteiger partial charge in [-0.15, -0.1) is 0 Å². The molecule has 1 aliphatic heterocycles. The van der Waals surface area contributed by atoms with Crippen LogP contribution in [0.25, 0.3) is 10.9 Å². The van der Waals surface area contributed by atoms with Gasteiger partial charge in [0.2, 0.25) is 0 Å². The average Bonchev–Trinajstić information content (AvgIpc) is 2.41. The smallest absolute Gasteiger partial charge is 0.126 e. The number of ether oxygens (including phenoxy) is 1. The predicted molar refractivity (Wildman–Crippen MR) is 74.2 cm³/mol. The highest BCUT2D eigenvalue weighted by molar-refractivity contribution is 5.79. The van der Waals surface area contributed by atoms with Crippen LogP contribution in [0.15, 0.2) is 60.8 Å². The maximum absolute atomic E-state index is 9.09. The summed E-state index contributed by atoms with van der Waals surface area (Å²) in [5.41, 5.74) is 2.15. The molecule has 0 saturated carbocycles. The van der Waals surface area contributed by atoms with Gasteiger partial charge >= 0.3 is 0 Å². The molecule has 0 amide bonds. The van der Waals surface area contributed by atoms with Crippen molar-refractivity contribution in [1.82, 2.24) is 4.98 Å². The molecule has 2 heterocycles. The Bertz CT molecular complexity index is 687. The zero-order valence-electron chi connectivity index (χ0n) is 10.3. The van der Waals surface area contributed by atoms with Gasteiger partial charge in [0.25, 0.3) is 0 Å². The van der Waals surface area contributed by atoms with E-state index in [1.54, 1.807) is 18.3 Å². The second kappa shape index (κ2) is 4.98. The number of benzene rings is 2. The number of para-hydroxylation sites is 1. The van der Waals surface area contributed by atoms with Gasteiger partial charge in [-0.05, 0) is 24.3 Å². The molecule has 3 nitrogen and oxygen atoms in total. The highest BCUT2D eigenvalue weighted by Crippen LogP contribution is 2.27. The second-order valence-electron chi connectivity index (χ2n) is 4.28. The molecule has 0 spiro atoms. The molecule has 1 aliphatic rings. The average molecular weight is 251 g/mol. The molecule has 3 aromatic rings. The van der Waals surface area contributed by atoms with Gasteiger partial charge in [0.15, 0.2) is 0 Å². The third-order valence-electron chi connectivity index (χ3n) is 2.95. The molecule has 0 radical (unpaired) electrons. The maximum Gasteiger partial charge on any atom is 0.126 e. The Morgan fingerprint density at radius 2 is 1.89 bits per heavy atom. The fourth-order valence-corrected chi connectivity index (χ4v) is 1.89. The molecule has 3 heteroatoms. The zero-order valence-corrected chi connectivity index (χ0v) is 10.3. The summed E-state index contributed by atoms with van der Waals surface area (Å²) < 4.78 is 5.08. The number of phenolic OH excluding ortho intramolecular Hbond substituents is 1. The number of aromatic hydroxyl groups is 1. The molecule has 2 aromatic carbocycles. The van der Waals surface area contributed by atoms with E-state index in [-0.39, 0.29) is 5.75 Å². The first kappa shape index (κ1) is 11.5. The lowest BCUT2D eigenvalue weighted by Gasteiger charge is -2.18. The van der Waals surface area contributed by atoms with E-state index in [0.717, 1.165) is 23.3 Å². The van der Waals surface area contributed by atoms with Crippen LogP contribution in [0, 0.1) is 0 Å². The molecule has 1 N–H and O–H groups in total. The Labute approximate surface area is 111 Å². The first-order chi connectivity index (χ1) is 9.33. The van der Waals surface area contributed by atoms with Crippen molar-refractivity contribution in [2.75, 3.05) is 0 Å². The largest absolute Gasteiger partial charge is 0.508 e. The molecular weight excluding hydrogens is 238 g/mol. The fourth-order valence-electron chi connectivity index (χ4n) is 1.89. The molecule has 0 aliphatic carbocycles. The van der Waals surface area contributed by atoms with Crippen molar-refractivity contribution < 1.29 is 9.84 Å². The van der Waals surface area contributed by atoms with Gasteiger partial charge in [-0.1, -0.05) is 24.3 Å². The van der Waals surface area contributed by atoms with Gasteiger partial charge in [0, 0.05) is 23.2 Å². The third-order valence-corrected chi connectivity index (χ3v) is 2.95. The molecule has 0 saturated heterocycles. The maximum atomic E-state index is 9.09. The number of aromatic nitrogens is 1. The second-order valence-corrected chi connectivity index (χ2v) is 4.28. The molecule has 94 valence electrons. The fraction of sp³-hybridized carbons (Fsp3) is 0.0625. The summed E-state index contributed by atoms with van der Waals surface area (Å²) in [5, 5.41) is 10.1. The number of pyridine rings is 1. The number of hydrogen-bond donors (Lipinski definition) is 1. The van der Waals surface area contributed by atoms with Crippen LogP contribution in [0.3, 0.4) is 0 Å². The summed E-state index contributed by atoms with van der Waals surface area (Å²) >= 11 is 0. The van der Waals surface area contributed by atoms with Gasteiger partial charge in [0.1, 0.15) is 18.1 Å². The van der Waals surface area contributed by atoms with Gasteiger partial charge in [-0.25, -0.2) is 0 Å². The quantitative estimate of drug-likeness (QED) is 0.664. The molecular formula is C16H13NO2. The van der Waals surface area contributed by atoms with Crippen molar-refractivity contribution in [2.24, 2.45) is 0 Å². The lowest BCUT2D eigenvalue weighted by molar-refractivity contribution is 0.243. The summed E-state index contributed by atoms with van der Waals surface area (Å²) in [7, 11) is 0.